The van der Waals surface area contributed by atoms with Crippen molar-refractivity contribution in [3.63, 3.8) is 0 Å². The van der Waals surface area contributed by atoms with E-state index in [4.69, 9.17) is 10.5 Å². The fourth-order valence-electron chi connectivity index (χ4n) is 1.73. The van der Waals surface area contributed by atoms with Gasteiger partial charge in [-0.3, -0.25) is 4.79 Å². The van der Waals surface area contributed by atoms with E-state index in [0.29, 0.717) is 13.2 Å². The molecule has 0 aromatic heterocycles. The zero-order valence-electron chi connectivity index (χ0n) is 13.8. The number of nitrogens with one attached hydrogen (secondary N) is 1. The first-order chi connectivity index (χ1) is 9.91. The van der Waals surface area contributed by atoms with E-state index in [0.717, 1.165) is 17.9 Å². The highest BCUT2D eigenvalue weighted by atomic mass is 35.5. The van der Waals surface area contributed by atoms with Crippen molar-refractivity contribution in [1.82, 2.24) is 10.2 Å². The highest BCUT2D eigenvalue weighted by Crippen LogP contribution is 2.17. The molecular weight excluding hydrogens is 302 g/mol. The van der Waals surface area contributed by atoms with Gasteiger partial charge < -0.3 is 20.7 Å². The van der Waals surface area contributed by atoms with Crippen molar-refractivity contribution in [3.05, 3.63) is 29.8 Å². The first-order valence-electron chi connectivity index (χ1n) is 7.30. The molecule has 5 nitrogen and oxygen atoms in total. The number of carbonyl (C=O) groups is 1. The summed E-state index contributed by atoms with van der Waals surface area (Å²) in [5, 5.41) is 2.87. The molecule has 3 N–H and O–H groups in total. The Kier molecular flexibility index (Phi) is 9.81. The van der Waals surface area contributed by atoms with E-state index in [-0.39, 0.29) is 24.2 Å². The molecule has 1 rings (SSSR count). The maximum atomic E-state index is 11.9. The van der Waals surface area contributed by atoms with E-state index in [2.05, 4.69) is 10.2 Å². The lowest BCUT2D eigenvalue weighted by molar-refractivity contribution is -0.123. The normalized spacial score (nSPS) is 12.0. The van der Waals surface area contributed by atoms with Gasteiger partial charge in [0.1, 0.15) is 12.4 Å². The van der Waals surface area contributed by atoms with E-state index < -0.39 is 6.04 Å². The lowest BCUT2D eigenvalue weighted by Crippen LogP contribution is -2.43. The third-order valence-electron chi connectivity index (χ3n) is 3.24. The Labute approximate surface area is 139 Å². The van der Waals surface area contributed by atoms with Crippen LogP contribution in [0, 0.1) is 5.92 Å². The summed E-state index contributed by atoms with van der Waals surface area (Å²) in [6.07, 6.45) is 0. The van der Waals surface area contributed by atoms with Crippen LogP contribution in [0.2, 0.25) is 0 Å². The van der Waals surface area contributed by atoms with Crippen LogP contribution in [-0.2, 0) is 11.3 Å². The summed E-state index contributed by atoms with van der Waals surface area (Å²) < 4.78 is 5.76. The van der Waals surface area contributed by atoms with Crippen LogP contribution in [0.4, 0.5) is 0 Å². The van der Waals surface area contributed by atoms with Crippen LogP contribution in [0.1, 0.15) is 19.4 Å². The number of ether oxygens (including phenoxy) is 1. The van der Waals surface area contributed by atoms with Crippen molar-refractivity contribution < 1.29 is 9.53 Å². The molecule has 0 unspecified atom stereocenters. The van der Waals surface area contributed by atoms with Crippen molar-refractivity contribution in [1.29, 1.82) is 0 Å². The zero-order valence-corrected chi connectivity index (χ0v) is 14.7. The first kappa shape index (κ1) is 20.7. The maximum Gasteiger partial charge on any atom is 0.237 e. The van der Waals surface area contributed by atoms with Crippen LogP contribution in [0.15, 0.2) is 24.3 Å². The van der Waals surface area contributed by atoms with Crippen molar-refractivity contribution in [2.24, 2.45) is 11.7 Å². The average molecular weight is 330 g/mol. The molecular formula is C16H28ClN3O2. The van der Waals surface area contributed by atoms with Crippen LogP contribution < -0.4 is 15.8 Å². The zero-order chi connectivity index (χ0) is 15.8. The molecule has 0 fully saturated rings. The molecule has 0 heterocycles. The van der Waals surface area contributed by atoms with Crippen molar-refractivity contribution in [2.45, 2.75) is 26.4 Å². The van der Waals surface area contributed by atoms with Gasteiger partial charge in [0, 0.05) is 18.7 Å². The second-order valence-corrected chi connectivity index (χ2v) is 5.75. The van der Waals surface area contributed by atoms with E-state index in [1.807, 2.05) is 52.2 Å². The second-order valence-electron chi connectivity index (χ2n) is 5.75. The predicted molar refractivity (Wildman–Crippen MR) is 92.4 cm³/mol. The molecule has 0 aliphatic heterocycles. The monoisotopic (exact) mass is 329 g/mol. The SMILES string of the molecule is CC(C)[C@H](N)C(=O)NCc1ccccc1OCCN(C)C.Cl. The number of para-hydroxylation sites is 1. The molecule has 0 spiro atoms. The number of nitrogens with two attached hydrogens (primary N) is 1. The van der Waals surface area contributed by atoms with E-state index in [1.165, 1.54) is 0 Å². The Morgan fingerprint density at radius 2 is 1.95 bits per heavy atom. The minimum Gasteiger partial charge on any atom is -0.492 e. The summed E-state index contributed by atoms with van der Waals surface area (Å²) in [6, 6.07) is 7.25. The molecule has 1 amide bonds. The fraction of sp³-hybridized carbons (Fsp3) is 0.562. The summed E-state index contributed by atoms with van der Waals surface area (Å²) >= 11 is 0. The van der Waals surface area contributed by atoms with Gasteiger partial charge in [0.2, 0.25) is 5.91 Å². The number of likely N-dealkylation sites (N-methyl/N-ethyl adjacent to an activating group) is 1. The van der Waals surface area contributed by atoms with Crippen molar-refractivity contribution in [3.8, 4) is 5.75 Å². The number of hydrogen-bond acceptors (Lipinski definition) is 4. The summed E-state index contributed by atoms with van der Waals surface area (Å²) in [5.41, 5.74) is 6.79. The number of halogens is 1. The summed E-state index contributed by atoms with van der Waals surface area (Å²) in [5.74, 6) is 0.794. The van der Waals surface area contributed by atoms with Gasteiger partial charge in [0.05, 0.1) is 6.04 Å². The maximum absolute atomic E-state index is 11.9. The topological polar surface area (TPSA) is 67.6 Å². The van der Waals surface area contributed by atoms with Crippen LogP contribution in [0.3, 0.4) is 0 Å². The highest BCUT2D eigenvalue weighted by molar-refractivity contribution is 5.85. The van der Waals surface area contributed by atoms with Gasteiger partial charge in [0.15, 0.2) is 0 Å². The summed E-state index contributed by atoms with van der Waals surface area (Å²) in [4.78, 5) is 14.0. The Balaban J connectivity index is 0.00000441. The molecule has 0 radical (unpaired) electrons. The van der Waals surface area contributed by atoms with Crippen LogP contribution in [-0.4, -0.2) is 44.1 Å². The average Bonchev–Trinajstić information content (AvgIpc) is 2.44. The van der Waals surface area contributed by atoms with Gasteiger partial charge in [-0.2, -0.15) is 0 Å². The van der Waals surface area contributed by atoms with Crippen LogP contribution in [0.5, 0.6) is 5.75 Å². The quantitative estimate of drug-likeness (QED) is 0.761. The number of hydrogen-bond donors (Lipinski definition) is 2. The van der Waals surface area contributed by atoms with E-state index in [1.54, 1.807) is 0 Å². The molecule has 126 valence electrons. The minimum atomic E-state index is -0.480. The van der Waals surface area contributed by atoms with Crippen LogP contribution >= 0.6 is 12.4 Å². The molecule has 1 atom stereocenters. The van der Waals surface area contributed by atoms with Gasteiger partial charge in [-0.1, -0.05) is 32.0 Å². The highest BCUT2D eigenvalue weighted by Gasteiger charge is 2.17. The number of amides is 1. The number of benzene rings is 1. The molecule has 6 heteroatoms. The molecule has 0 aliphatic carbocycles. The number of nitrogens with zero attached hydrogens (tertiary/aromatic N) is 1. The first-order valence-corrected chi connectivity index (χ1v) is 7.30. The summed E-state index contributed by atoms with van der Waals surface area (Å²) in [7, 11) is 4.01. The molecule has 0 bridgehead atoms. The Morgan fingerprint density at radius 3 is 2.55 bits per heavy atom. The van der Waals surface area contributed by atoms with Crippen LogP contribution in [0.25, 0.3) is 0 Å². The fourth-order valence-corrected chi connectivity index (χ4v) is 1.73. The largest absolute Gasteiger partial charge is 0.492 e. The van der Waals surface area contributed by atoms with Crippen molar-refractivity contribution in [2.75, 3.05) is 27.2 Å². The Hall–Kier alpha value is -1.30. The van der Waals surface area contributed by atoms with Crippen molar-refractivity contribution >= 4 is 18.3 Å². The lowest BCUT2D eigenvalue weighted by atomic mass is 10.0. The van der Waals surface area contributed by atoms with Gasteiger partial charge in [-0.15, -0.1) is 12.4 Å². The molecule has 0 saturated heterocycles. The number of rotatable bonds is 8. The summed E-state index contributed by atoms with van der Waals surface area (Å²) in [6.45, 7) is 5.75. The molecule has 0 saturated carbocycles. The number of carbonyl (C=O) groups excluding carboxylic acids is 1. The lowest BCUT2D eigenvalue weighted by Gasteiger charge is -2.17. The Bertz CT molecular complexity index is 453. The van der Waals surface area contributed by atoms with E-state index >= 15 is 0 Å². The molecule has 0 aliphatic rings. The van der Waals surface area contributed by atoms with Gasteiger partial charge in [0.25, 0.3) is 0 Å². The minimum absolute atomic E-state index is 0. The second kappa shape index (κ2) is 10.4. The van der Waals surface area contributed by atoms with E-state index in [9.17, 15) is 4.79 Å². The van der Waals surface area contributed by atoms with Gasteiger partial charge in [-0.25, -0.2) is 0 Å². The molecule has 22 heavy (non-hydrogen) atoms. The van der Waals surface area contributed by atoms with Gasteiger partial charge in [-0.05, 0) is 26.1 Å². The molecule has 1 aromatic carbocycles. The molecule has 1 aromatic rings. The smallest absolute Gasteiger partial charge is 0.237 e. The standard InChI is InChI=1S/C16H27N3O2.ClH/c1-12(2)15(17)16(20)18-11-13-7-5-6-8-14(13)21-10-9-19(3)4;/h5-8,12,15H,9-11,17H2,1-4H3,(H,18,20);1H/t15-;/m0./s1. The third-order valence-corrected chi connectivity index (χ3v) is 3.24. The van der Waals surface area contributed by atoms with Gasteiger partial charge >= 0.3 is 0 Å². The predicted octanol–water partition coefficient (Wildman–Crippen LogP) is 1.65. The third kappa shape index (κ3) is 7.11. The Morgan fingerprint density at radius 1 is 1.32 bits per heavy atom.